The Labute approximate surface area is 200 Å². The van der Waals surface area contributed by atoms with Gasteiger partial charge in [0.25, 0.3) is 5.91 Å². The largest absolute Gasteiger partial charge is 0.379 e. The van der Waals surface area contributed by atoms with Gasteiger partial charge in [0.2, 0.25) is 0 Å². The van der Waals surface area contributed by atoms with Crippen molar-refractivity contribution in [1.82, 2.24) is 25.1 Å². The number of carbonyl (C=O) groups is 1. The van der Waals surface area contributed by atoms with Gasteiger partial charge in [0, 0.05) is 31.2 Å². The molecule has 1 saturated heterocycles. The van der Waals surface area contributed by atoms with Crippen LogP contribution in [0, 0.1) is 0 Å². The first-order chi connectivity index (χ1) is 16.7. The monoisotopic (exact) mass is 475 g/mol. The predicted molar refractivity (Wildman–Crippen MR) is 132 cm³/mol. The third kappa shape index (κ3) is 4.52. The Morgan fingerprint density at radius 3 is 2.76 bits per heavy atom. The van der Waals surface area contributed by atoms with E-state index in [-0.39, 0.29) is 5.91 Å². The molecule has 174 valence electrons. The van der Waals surface area contributed by atoms with Gasteiger partial charge < -0.3 is 15.4 Å². The smallest absolute Gasteiger partial charge is 0.275 e. The third-order valence-electron chi connectivity index (χ3n) is 6.13. The number of amides is 1. The molecule has 3 N–H and O–H groups in total. The van der Waals surface area contributed by atoms with Crippen LogP contribution in [0.15, 0.2) is 41.9 Å². The zero-order chi connectivity index (χ0) is 22.9. The Balaban J connectivity index is 1.16. The second-order valence-corrected chi connectivity index (χ2v) is 9.56. The van der Waals surface area contributed by atoms with Crippen LogP contribution in [0.4, 0.5) is 17.2 Å². The summed E-state index contributed by atoms with van der Waals surface area (Å²) in [5.74, 6) is 1.74. The van der Waals surface area contributed by atoms with Crippen molar-refractivity contribution in [1.29, 1.82) is 0 Å². The number of morpholine rings is 1. The van der Waals surface area contributed by atoms with Gasteiger partial charge in [0.15, 0.2) is 0 Å². The van der Waals surface area contributed by atoms with Crippen LogP contribution >= 0.6 is 11.3 Å². The molecule has 34 heavy (non-hydrogen) atoms. The summed E-state index contributed by atoms with van der Waals surface area (Å²) in [6.45, 7) is 4.33. The van der Waals surface area contributed by atoms with E-state index in [4.69, 9.17) is 14.7 Å². The van der Waals surface area contributed by atoms with E-state index in [9.17, 15) is 4.79 Å². The van der Waals surface area contributed by atoms with Gasteiger partial charge in [-0.2, -0.15) is 5.10 Å². The first-order valence-corrected chi connectivity index (χ1v) is 12.4. The Morgan fingerprint density at radius 2 is 1.97 bits per heavy atom. The lowest BCUT2D eigenvalue weighted by molar-refractivity contribution is 0.0342. The number of hydrogen-bond donors (Lipinski definition) is 3. The zero-order valence-electron chi connectivity index (χ0n) is 18.6. The molecule has 1 aliphatic heterocycles. The van der Waals surface area contributed by atoms with E-state index < -0.39 is 0 Å². The van der Waals surface area contributed by atoms with Crippen LogP contribution in [0.5, 0.6) is 0 Å². The summed E-state index contributed by atoms with van der Waals surface area (Å²) in [6, 6.07) is 9.95. The molecule has 2 fully saturated rings. The Morgan fingerprint density at radius 1 is 1.15 bits per heavy atom. The number of fused-ring (bicyclic) bond motifs is 1. The topological polar surface area (TPSA) is 108 Å². The summed E-state index contributed by atoms with van der Waals surface area (Å²) in [5, 5.41) is 16.1. The van der Waals surface area contributed by atoms with Gasteiger partial charge in [-0.3, -0.25) is 14.8 Å². The van der Waals surface area contributed by atoms with Crippen LogP contribution < -0.4 is 10.6 Å². The molecule has 1 aliphatic carbocycles. The minimum absolute atomic E-state index is 0.265. The molecule has 0 bridgehead atoms. The minimum atomic E-state index is -0.265. The number of nitrogens with zero attached hydrogens (tertiary/aromatic N) is 4. The van der Waals surface area contributed by atoms with Gasteiger partial charge in [0.05, 0.1) is 30.5 Å². The summed E-state index contributed by atoms with van der Waals surface area (Å²) in [6.07, 6.45) is 3.86. The van der Waals surface area contributed by atoms with E-state index in [1.54, 1.807) is 17.5 Å². The normalized spacial score (nSPS) is 16.6. The molecule has 0 spiro atoms. The van der Waals surface area contributed by atoms with Crippen molar-refractivity contribution in [2.45, 2.75) is 25.3 Å². The Bertz CT molecular complexity index is 1310. The molecule has 1 saturated carbocycles. The molecule has 1 aromatic carbocycles. The fourth-order valence-electron chi connectivity index (χ4n) is 4.08. The maximum absolute atomic E-state index is 13.0. The van der Waals surface area contributed by atoms with Crippen LogP contribution in [0.3, 0.4) is 0 Å². The van der Waals surface area contributed by atoms with E-state index in [1.807, 2.05) is 35.7 Å². The lowest BCUT2D eigenvalue weighted by Gasteiger charge is -2.26. The minimum Gasteiger partial charge on any atom is -0.379 e. The molecule has 0 radical (unpaired) electrons. The summed E-state index contributed by atoms with van der Waals surface area (Å²) in [4.78, 5) is 25.8. The summed E-state index contributed by atoms with van der Waals surface area (Å²) < 4.78 is 5.41. The van der Waals surface area contributed by atoms with E-state index in [0.29, 0.717) is 23.1 Å². The second kappa shape index (κ2) is 9.13. The molecule has 2 aliphatic rings. The van der Waals surface area contributed by atoms with E-state index in [2.05, 4.69) is 25.7 Å². The van der Waals surface area contributed by atoms with E-state index in [0.717, 1.165) is 67.4 Å². The van der Waals surface area contributed by atoms with Crippen molar-refractivity contribution < 1.29 is 9.53 Å². The number of rotatable bonds is 7. The number of H-pyrrole nitrogens is 1. The van der Waals surface area contributed by atoms with Gasteiger partial charge in [-0.25, -0.2) is 9.97 Å². The molecule has 10 heteroatoms. The zero-order valence-corrected chi connectivity index (χ0v) is 19.4. The molecule has 3 aromatic heterocycles. The predicted octanol–water partition coefficient (Wildman–Crippen LogP) is 4.12. The third-order valence-corrected chi connectivity index (χ3v) is 6.93. The van der Waals surface area contributed by atoms with Gasteiger partial charge in [-0.15, -0.1) is 11.3 Å². The molecule has 9 nitrogen and oxygen atoms in total. The van der Waals surface area contributed by atoms with Gasteiger partial charge in [-0.1, -0.05) is 12.1 Å². The Kier molecular flexibility index (Phi) is 5.69. The fourth-order valence-corrected chi connectivity index (χ4v) is 4.85. The number of thiophene rings is 1. The number of aromatic nitrogens is 4. The van der Waals surface area contributed by atoms with E-state index in [1.165, 1.54) is 5.56 Å². The summed E-state index contributed by atoms with van der Waals surface area (Å²) in [7, 11) is 0. The van der Waals surface area contributed by atoms with Crippen molar-refractivity contribution in [2.24, 2.45) is 0 Å². The van der Waals surface area contributed by atoms with Crippen molar-refractivity contribution in [2.75, 3.05) is 36.9 Å². The number of ether oxygens (including phenoxy) is 1. The first-order valence-electron chi connectivity index (χ1n) is 11.5. The lowest BCUT2D eigenvalue weighted by atomic mass is 10.2. The summed E-state index contributed by atoms with van der Waals surface area (Å²) in [5.41, 5.74) is 2.87. The molecular weight excluding hydrogens is 450 g/mol. The quantitative estimate of drug-likeness (QED) is 0.369. The Hall–Kier alpha value is -3.34. The average molecular weight is 476 g/mol. The van der Waals surface area contributed by atoms with Gasteiger partial charge in [0.1, 0.15) is 22.2 Å². The van der Waals surface area contributed by atoms with Gasteiger partial charge in [-0.05, 0) is 42.0 Å². The first kappa shape index (κ1) is 21.2. The molecular formula is C24H25N7O2S. The highest BCUT2D eigenvalue weighted by molar-refractivity contribution is 7.16. The van der Waals surface area contributed by atoms with Gasteiger partial charge >= 0.3 is 0 Å². The van der Waals surface area contributed by atoms with Crippen LogP contribution in [0.2, 0.25) is 0 Å². The number of benzene rings is 1. The second-order valence-electron chi connectivity index (χ2n) is 8.67. The molecule has 4 aromatic rings. The molecule has 0 atom stereocenters. The van der Waals surface area contributed by atoms with Crippen LogP contribution in [0.1, 0.15) is 40.6 Å². The SMILES string of the molecule is O=C(Nc1ccc(CN2CCOCC2)cc1)c1[nH]ncc1Nc1nc(C2CC2)nc2sccc12. The van der Waals surface area contributed by atoms with Crippen molar-refractivity contribution in [3.63, 3.8) is 0 Å². The molecule has 4 heterocycles. The highest BCUT2D eigenvalue weighted by Crippen LogP contribution is 2.40. The number of carbonyl (C=O) groups excluding carboxylic acids is 1. The number of hydrogen-bond acceptors (Lipinski definition) is 8. The number of nitrogens with one attached hydrogen (secondary N) is 3. The standard InChI is InChI=1S/C24H25N7O2S/c32-23(26-17-5-1-15(2-6-17)14-31-8-10-33-11-9-31)20-19(13-25-30-20)27-22-18-7-12-34-24(18)29-21(28-22)16-3-4-16/h1-2,5-7,12-13,16H,3-4,8-11,14H2,(H,25,30)(H,26,32)(H,27,28,29). The fraction of sp³-hybridized carbons (Fsp3) is 0.333. The molecule has 0 unspecified atom stereocenters. The van der Waals surface area contributed by atoms with Crippen molar-refractivity contribution in [3.8, 4) is 0 Å². The van der Waals surface area contributed by atoms with E-state index >= 15 is 0 Å². The molecule has 1 amide bonds. The number of aromatic amines is 1. The van der Waals surface area contributed by atoms with Crippen LogP contribution in [-0.2, 0) is 11.3 Å². The maximum Gasteiger partial charge on any atom is 0.275 e. The van der Waals surface area contributed by atoms with Crippen molar-refractivity contribution >= 4 is 44.7 Å². The van der Waals surface area contributed by atoms with Crippen molar-refractivity contribution in [3.05, 3.63) is 59.0 Å². The highest BCUT2D eigenvalue weighted by atomic mass is 32.1. The molecule has 6 rings (SSSR count). The maximum atomic E-state index is 13.0. The average Bonchev–Trinajstić information content (AvgIpc) is 3.41. The lowest BCUT2D eigenvalue weighted by Crippen LogP contribution is -2.35. The van der Waals surface area contributed by atoms with Crippen LogP contribution in [-0.4, -0.2) is 57.3 Å². The highest BCUT2D eigenvalue weighted by Gasteiger charge is 2.28. The summed E-state index contributed by atoms with van der Waals surface area (Å²) >= 11 is 1.59. The van der Waals surface area contributed by atoms with Crippen LogP contribution in [0.25, 0.3) is 10.2 Å². The number of anilines is 3.